The molecule has 2 nitrogen and oxygen atoms in total. The minimum absolute atomic E-state index is 0.101. The minimum atomic E-state index is -0.101. The van der Waals surface area contributed by atoms with Crippen LogP contribution in [0.25, 0.3) is 0 Å². The van der Waals surface area contributed by atoms with E-state index in [4.69, 9.17) is 0 Å². The van der Waals surface area contributed by atoms with Crippen molar-refractivity contribution < 1.29 is 4.79 Å². The number of hydrogen-bond acceptors (Lipinski definition) is 1. The Morgan fingerprint density at radius 1 is 1.47 bits per heavy atom. The third kappa shape index (κ3) is 4.45. The maximum absolute atomic E-state index is 11.0. The van der Waals surface area contributed by atoms with Crippen LogP contribution in [0.5, 0.6) is 0 Å². The van der Waals surface area contributed by atoms with Crippen molar-refractivity contribution in [1.82, 2.24) is 5.32 Å². The Kier molecular flexibility index (Phi) is 4.61. The van der Waals surface area contributed by atoms with Crippen LogP contribution < -0.4 is 5.32 Å². The lowest BCUT2D eigenvalue weighted by molar-refractivity contribution is -0.117. The lowest BCUT2D eigenvalue weighted by Gasteiger charge is -2.11. The first-order valence-electron chi connectivity index (χ1n) is 5.19. The van der Waals surface area contributed by atoms with Crippen LogP contribution in [0, 0.1) is 0 Å². The molecular formula is C13H17NO. The maximum atomic E-state index is 11.0. The highest BCUT2D eigenvalue weighted by Crippen LogP contribution is 2.04. The van der Waals surface area contributed by atoms with Gasteiger partial charge in [0.2, 0.25) is 5.91 Å². The van der Waals surface area contributed by atoms with Crippen molar-refractivity contribution in [2.45, 2.75) is 25.8 Å². The number of rotatable bonds is 5. The van der Waals surface area contributed by atoms with E-state index < -0.39 is 0 Å². The van der Waals surface area contributed by atoms with Crippen molar-refractivity contribution in [3.63, 3.8) is 0 Å². The van der Waals surface area contributed by atoms with Crippen molar-refractivity contribution in [2.75, 3.05) is 0 Å². The summed E-state index contributed by atoms with van der Waals surface area (Å²) in [7, 11) is 0. The molecule has 0 fully saturated rings. The molecule has 0 aliphatic heterocycles. The first kappa shape index (κ1) is 11.5. The van der Waals surface area contributed by atoms with Gasteiger partial charge in [-0.1, -0.05) is 36.9 Å². The first-order chi connectivity index (χ1) is 7.22. The second-order valence-corrected chi connectivity index (χ2v) is 3.64. The number of carbonyl (C=O) groups excluding carboxylic acids is 1. The highest BCUT2D eigenvalue weighted by atomic mass is 16.1. The van der Waals surface area contributed by atoms with Crippen LogP contribution in [0.3, 0.4) is 0 Å². The zero-order valence-electron chi connectivity index (χ0n) is 9.07. The molecule has 0 radical (unpaired) electrons. The molecule has 0 unspecified atom stereocenters. The number of aryl methyl sites for hydroxylation is 1. The van der Waals surface area contributed by atoms with E-state index in [9.17, 15) is 4.79 Å². The average molecular weight is 203 g/mol. The molecule has 0 aromatic heterocycles. The SMILES string of the molecule is C=CC(=O)N[C@@H](C)CCc1ccccc1. The minimum Gasteiger partial charge on any atom is -0.350 e. The summed E-state index contributed by atoms with van der Waals surface area (Å²) < 4.78 is 0. The summed E-state index contributed by atoms with van der Waals surface area (Å²) in [6, 6.07) is 10.5. The Hall–Kier alpha value is -1.57. The summed E-state index contributed by atoms with van der Waals surface area (Å²) in [5.41, 5.74) is 1.30. The van der Waals surface area contributed by atoms with Gasteiger partial charge in [-0.05, 0) is 31.4 Å². The summed E-state index contributed by atoms with van der Waals surface area (Å²) in [5, 5.41) is 2.84. The fraction of sp³-hybridized carbons (Fsp3) is 0.308. The molecule has 1 aromatic carbocycles. The van der Waals surface area contributed by atoms with Gasteiger partial charge in [-0.25, -0.2) is 0 Å². The molecule has 1 atom stereocenters. The predicted molar refractivity (Wildman–Crippen MR) is 62.6 cm³/mol. The van der Waals surface area contributed by atoms with Crippen LogP contribution in [0.4, 0.5) is 0 Å². The molecule has 2 heteroatoms. The zero-order valence-corrected chi connectivity index (χ0v) is 9.07. The van der Waals surface area contributed by atoms with E-state index in [2.05, 4.69) is 24.0 Å². The molecule has 80 valence electrons. The van der Waals surface area contributed by atoms with Gasteiger partial charge >= 0.3 is 0 Å². The number of hydrogen-bond donors (Lipinski definition) is 1. The van der Waals surface area contributed by atoms with Gasteiger partial charge in [0.25, 0.3) is 0 Å². The number of benzene rings is 1. The van der Waals surface area contributed by atoms with Crippen LogP contribution in [-0.2, 0) is 11.2 Å². The summed E-state index contributed by atoms with van der Waals surface area (Å²) >= 11 is 0. The highest BCUT2D eigenvalue weighted by Gasteiger charge is 2.03. The number of carbonyl (C=O) groups is 1. The fourth-order valence-electron chi connectivity index (χ4n) is 1.40. The fourth-order valence-corrected chi connectivity index (χ4v) is 1.40. The smallest absolute Gasteiger partial charge is 0.243 e. The lowest BCUT2D eigenvalue weighted by Crippen LogP contribution is -2.31. The summed E-state index contributed by atoms with van der Waals surface area (Å²) in [4.78, 5) is 11.0. The van der Waals surface area contributed by atoms with Crippen LogP contribution in [0.15, 0.2) is 43.0 Å². The molecule has 1 N–H and O–H groups in total. The molecule has 0 heterocycles. The molecule has 1 amide bonds. The standard InChI is InChI=1S/C13H17NO/c1-3-13(15)14-11(2)9-10-12-7-5-4-6-8-12/h3-8,11H,1,9-10H2,2H3,(H,14,15)/t11-/m0/s1. The van der Waals surface area contributed by atoms with E-state index in [1.54, 1.807) is 0 Å². The topological polar surface area (TPSA) is 29.1 Å². The molecular weight excluding hydrogens is 186 g/mol. The Morgan fingerprint density at radius 2 is 2.13 bits per heavy atom. The zero-order chi connectivity index (χ0) is 11.1. The van der Waals surface area contributed by atoms with Gasteiger partial charge in [0, 0.05) is 6.04 Å². The predicted octanol–water partition coefficient (Wildman–Crippen LogP) is 2.31. The quantitative estimate of drug-likeness (QED) is 0.731. The molecule has 15 heavy (non-hydrogen) atoms. The molecule has 1 rings (SSSR count). The Balaban J connectivity index is 2.31. The highest BCUT2D eigenvalue weighted by molar-refractivity contribution is 5.87. The summed E-state index contributed by atoms with van der Waals surface area (Å²) in [5.74, 6) is -0.101. The second-order valence-electron chi connectivity index (χ2n) is 3.64. The second kappa shape index (κ2) is 6.02. The third-order valence-corrected chi connectivity index (χ3v) is 2.28. The van der Waals surface area contributed by atoms with Crippen LogP contribution in [-0.4, -0.2) is 11.9 Å². The Bertz CT molecular complexity index is 319. The normalized spacial score (nSPS) is 11.8. The third-order valence-electron chi connectivity index (χ3n) is 2.28. The monoisotopic (exact) mass is 203 g/mol. The lowest BCUT2D eigenvalue weighted by atomic mass is 10.1. The number of amides is 1. The Labute approximate surface area is 91.0 Å². The molecule has 0 spiro atoms. The van der Waals surface area contributed by atoms with Gasteiger partial charge in [0.1, 0.15) is 0 Å². The van der Waals surface area contributed by atoms with Crippen LogP contribution in [0.1, 0.15) is 18.9 Å². The van der Waals surface area contributed by atoms with E-state index in [0.29, 0.717) is 0 Å². The van der Waals surface area contributed by atoms with E-state index in [1.165, 1.54) is 11.6 Å². The van der Waals surface area contributed by atoms with Crippen molar-refractivity contribution in [3.05, 3.63) is 48.6 Å². The van der Waals surface area contributed by atoms with E-state index >= 15 is 0 Å². The van der Waals surface area contributed by atoms with E-state index in [1.807, 2.05) is 25.1 Å². The summed E-state index contributed by atoms with van der Waals surface area (Å²) in [6.07, 6.45) is 3.24. The van der Waals surface area contributed by atoms with Crippen molar-refractivity contribution >= 4 is 5.91 Å². The van der Waals surface area contributed by atoms with Gasteiger partial charge in [-0.3, -0.25) is 4.79 Å². The molecule has 0 bridgehead atoms. The van der Waals surface area contributed by atoms with Gasteiger partial charge in [0.05, 0.1) is 0 Å². The Morgan fingerprint density at radius 3 is 2.73 bits per heavy atom. The van der Waals surface area contributed by atoms with Crippen LogP contribution >= 0.6 is 0 Å². The van der Waals surface area contributed by atoms with Gasteiger partial charge < -0.3 is 5.32 Å². The summed E-state index contributed by atoms with van der Waals surface area (Å²) in [6.45, 7) is 5.42. The van der Waals surface area contributed by atoms with Gasteiger partial charge in [-0.15, -0.1) is 0 Å². The first-order valence-corrected chi connectivity index (χ1v) is 5.19. The largest absolute Gasteiger partial charge is 0.350 e. The van der Waals surface area contributed by atoms with E-state index in [-0.39, 0.29) is 11.9 Å². The molecule has 0 aliphatic rings. The van der Waals surface area contributed by atoms with Crippen molar-refractivity contribution in [3.8, 4) is 0 Å². The average Bonchev–Trinajstić information content (AvgIpc) is 2.27. The molecule has 1 aromatic rings. The van der Waals surface area contributed by atoms with Crippen molar-refractivity contribution in [2.24, 2.45) is 0 Å². The van der Waals surface area contributed by atoms with Gasteiger partial charge in [0.15, 0.2) is 0 Å². The van der Waals surface area contributed by atoms with E-state index in [0.717, 1.165) is 12.8 Å². The molecule has 0 saturated carbocycles. The maximum Gasteiger partial charge on any atom is 0.243 e. The molecule has 0 aliphatic carbocycles. The molecule has 0 saturated heterocycles. The van der Waals surface area contributed by atoms with Crippen LogP contribution in [0.2, 0.25) is 0 Å². The van der Waals surface area contributed by atoms with Crippen molar-refractivity contribution in [1.29, 1.82) is 0 Å². The van der Waals surface area contributed by atoms with Gasteiger partial charge in [-0.2, -0.15) is 0 Å². The number of nitrogens with one attached hydrogen (secondary N) is 1.